The zero-order valence-electron chi connectivity index (χ0n) is 16.0. The number of nitriles is 1. The molecule has 2 aromatic carbocycles. The van der Waals surface area contributed by atoms with Crippen molar-refractivity contribution in [1.29, 1.82) is 5.26 Å². The fourth-order valence-corrected chi connectivity index (χ4v) is 3.14. The smallest absolute Gasteiger partial charge is 0.270 e. The number of carbonyl (C=O) groups is 1. The van der Waals surface area contributed by atoms with E-state index in [9.17, 15) is 10.1 Å². The van der Waals surface area contributed by atoms with Crippen LogP contribution in [-0.2, 0) is 10.2 Å². The first-order valence-corrected chi connectivity index (χ1v) is 9.09. The molecule has 1 amide bonds. The summed E-state index contributed by atoms with van der Waals surface area (Å²) in [5.41, 5.74) is 9.34. The Balaban J connectivity index is 1.77. The lowest BCUT2D eigenvalue weighted by Gasteiger charge is -2.16. The third kappa shape index (κ3) is 3.46. The zero-order chi connectivity index (χ0) is 20.6. The first kappa shape index (κ1) is 18.4. The van der Waals surface area contributed by atoms with E-state index in [0.29, 0.717) is 17.2 Å². The van der Waals surface area contributed by atoms with Gasteiger partial charge in [0.15, 0.2) is 0 Å². The Bertz CT molecular complexity index is 1280. The summed E-state index contributed by atoms with van der Waals surface area (Å²) >= 11 is 0. The quantitative estimate of drug-likeness (QED) is 0.746. The van der Waals surface area contributed by atoms with Crippen molar-refractivity contribution in [2.24, 2.45) is 0 Å². The second-order valence-electron chi connectivity index (χ2n) is 7.39. The molecule has 6 nitrogen and oxygen atoms in total. The predicted octanol–water partition coefficient (Wildman–Crippen LogP) is 1.86. The first-order valence-electron chi connectivity index (χ1n) is 9.09. The minimum Gasteiger partial charge on any atom is -0.382 e. The van der Waals surface area contributed by atoms with Crippen LogP contribution in [0.3, 0.4) is 0 Å². The van der Waals surface area contributed by atoms with Crippen molar-refractivity contribution in [3.8, 4) is 28.6 Å². The van der Waals surface area contributed by atoms with Crippen LogP contribution in [0, 0.1) is 11.3 Å². The van der Waals surface area contributed by atoms with E-state index in [1.807, 2.05) is 56.3 Å². The molecule has 0 atom stereocenters. The van der Waals surface area contributed by atoms with Crippen LogP contribution in [0.2, 0.25) is 0 Å². The van der Waals surface area contributed by atoms with Crippen molar-refractivity contribution in [1.82, 2.24) is 15.3 Å². The predicted molar refractivity (Wildman–Crippen MR) is 111 cm³/mol. The molecule has 1 aliphatic rings. The van der Waals surface area contributed by atoms with E-state index >= 15 is 0 Å². The van der Waals surface area contributed by atoms with Crippen LogP contribution in [-0.4, -0.2) is 15.9 Å². The van der Waals surface area contributed by atoms with E-state index in [4.69, 9.17) is 10.7 Å². The second kappa shape index (κ2) is 6.88. The molecule has 4 rings (SSSR count). The van der Waals surface area contributed by atoms with Gasteiger partial charge in [0, 0.05) is 28.6 Å². The molecule has 3 aromatic rings. The van der Waals surface area contributed by atoms with E-state index in [2.05, 4.69) is 16.4 Å². The van der Waals surface area contributed by atoms with Crippen LogP contribution in [0.4, 0.5) is 5.82 Å². The van der Waals surface area contributed by atoms with Crippen LogP contribution < -0.4 is 21.5 Å². The molecule has 2 heterocycles. The number of fused-ring (bicyclic) bond motifs is 1. The van der Waals surface area contributed by atoms with Gasteiger partial charge in [-0.05, 0) is 30.7 Å². The van der Waals surface area contributed by atoms with Gasteiger partial charge >= 0.3 is 0 Å². The van der Waals surface area contributed by atoms with Gasteiger partial charge in [0.25, 0.3) is 5.91 Å². The molecule has 0 aliphatic carbocycles. The van der Waals surface area contributed by atoms with Crippen LogP contribution >= 0.6 is 0 Å². The average Bonchev–Trinajstić information content (AvgIpc) is 2.73. The average molecular weight is 380 g/mol. The fourth-order valence-electron chi connectivity index (χ4n) is 3.14. The maximum Gasteiger partial charge on any atom is 0.270 e. The molecule has 141 valence electrons. The van der Waals surface area contributed by atoms with Gasteiger partial charge in [-0.25, -0.2) is 15.3 Å². The van der Waals surface area contributed by atoms with Crippen LogP contribution in [0.15, 0.2) is 48.7 Å². The van der Waals surface area contributed by atoms with Crippen molar-refractivity contribution in [3.63, 3.8) is 0 Å². The topological polar surface area (TPSA) is 107 Å². The van der Waals surface area contributed by atoms with Gasteiger partial charge in [-0.15, -0.1) is 0 Å². The number of nitrogens with zero attached hydrogens (tertiary/aromatic N) is 4. The zero-order valence-corrected chi connectivity index (χ0v) is 16.0. The molecule has 0 bridgehead atoms. The van der Waals surface area contributed by atoms with E-state index in [0.717, 1.165) is 27.1 Å². The highest BCUT2D eigenvalue weighted by atomic mass is 16.1. The Hall–Kier alpha value is -3.98. The van der Waals surface area contributed by atoms with Gasteiger partial charge in [-0.1, -0.05) is 36.4 Å². The van der Waals surface area contributed by atoms with Crippen molar-refractivity contribution in [2.45, 2.75) is 19.3 Å². The summed E-state index contributed by atoms with van der Waals surface area (Å²) in [7, 11) is 0. The Morgan fingerprint density at radius 1 is 1.03 bits per heavy atom. The minimum atomic E-state index is -0.559. The highest BCUT2D eigenvalue weighted by molar-refractivity contribution is 6.06. The van der Waals surface area contributed by atoms with Gasteiger partial charge in [-0.3, -0.25) is 4.79 Å². The number of aromatic nitrogens is 2. The molecule has 0 spiro atoms. The maximum atomic E-state index is 11.6. The molecule has 29 heavy (non-hydrogen) atoms. The van der Waals surface area contributed by atoms with E-state index in [1.54, 1.807) is 12.4 Å². The number of amides is 1. The summed E-state index contributed by atoms with van der Waals surface area (Å²) in [6.07, 6.45) is 4.67. The molecule has 1 aliphatic heterocycles. The van der Waals surface area contributed by atoms with Crippen molar-refractivity contribution in [2.75, 3.05) is 5.73 Å². The third-order valence-corrected chi connectivity index (χ3v) is 4.95. The Morgan fingerprint density at radius 2 is 1.76 bits per heavy atom. The number of nitrogens with two attached hydrogens (primary N) is 1. The summed E-state index contributed by atoms with van der Waals surface area (Å²) in [6, 6.07) is 15.6. The molecule has 0 unspecified atom stereocenters. The summed E-state index contributed by atoms with van der Waals surface area (Å²) < 4.78 is 0. The lowest BCUT2D eigenvalue weighted by atomic mass is 9.86. The van der Waals surface area contributed by atoms with Gasteiger partial charge in [-0.2, -0.15) is 5.26 Å². The van der Waals surface area contributed by atoms with E-state index < -0.39 is 5.41 Å². The van der Waals surface area contributed by atoms with E-state index in [1.165, 1.54) is 6.08 Å². The first-order chi connectivity index (χ1) is 13.9. The van der Waals surface area contributed by atoms with Crippen LogP contribution in [0.1, 0.15) is 19.4 Å². The minimum absolute atomic E-state index is 0.289. The lowest BCUT2D eigenvalue weighted by molar-refractivity contribution is -0.114. The molecule has 0 saturated heterocycles. The molecule has 0 fully saturated rings. The van der Waals surface area contributed by atoms with Gasteiger partial charge in [0.2, 0.25) is 0 Å². The standard InChI is InChI=1S/C23H18N5O/c1-23(2,13-24)18-7-5-14(6-8-18)19-12-27-22(25)21(28-19)15-3-4-16-11-26-20(29)10-17(16)9-15/h3-12H,1-2H3,(H2,25,27). The second-order valence-corrected chi connectivity index (χ2v) is 7.39. The van der Waals surface area contributed by atoms with Crippen LogP contribution in [0.25, 0.3) is 34.8 Å². The maximum absolute atomic E-state index is 11.6. The SMILES string of the molecule is CC(C)(C#N)c1ccc(-c2cnc(N)c(-c3ccc4c(c3)=CC(=O)[N]C=4)n2)cc1. The van der Waals surface area contributed by atoms with Gasteiger partial charge in [0.05, 0.1) is 23.4 Å². The molecule has 1 radical (unpaired) electrons. The number of nitrogen functional groups attached to an aromatic ring is 1. The number of benzene rings is 2. The van der Waals surface area contributed by atoms with Crippen molar-refractivity contribution >= 4 is 24.0 Å². The number of anilines is 1. The normalized spacial score (nSPS) is 12.8. The highest BCUT2D eigenvalue weighted by Gasteiger charge is 2.19. The summed E-state index contributed by atoms with van der Waals surface area (Å²) in [5, 5.41) is 14.7. The van der Waals surface area contributed by atoms with Gasteiger partial charge < -0.3 is 5.73 Å². The van der Waals surface area contributed by atoms with Crippen LogP contribution in [0.5, 0.6) is 0 Å². The molecule has 2 N–H and O–H groups in total. The largest absolute Gasteiger partial charge is 0.382 e. The number of rotatable bonds is 3. The summed E-state index contributed by atoms with van der Waals surface area (Å²) in [5.74, 6) is 0.0228. The van der Waals surface area contributed by atoms with Gasteiger partial charge in [0.1, 0.15) is 11.5 Å². The number of hydrogen-bond acceptors (Lipinski definition) is 5. The molecule has 6 heteroatoms. The molecule has 0 saturated carbocycles. The van der Waals surface area contributed by atoms with Crippen molar-refractivity contribution in [3.05, 3.63) is 64.7 Å². The Kier molecular flexibility index (Phi) is 4.36. The summed E-state index contributed by atoms with van der Waals surface area (Å²) in [4.78, 5) is 20.6. The number of hydrogen-bond donors (Lipinski definition) is 1. The summed E-state index contributed by atoms with van der Waals surface area (Å²) in [6.45, 7) is 3.76. The molecular weight excluding hydrogens is 362 g/mol. The fraction of sp³-hybridized carbons (Fsp3) is 0.130. The Morgan fingerprint density at radius 3 is 2.48 bits per heavy atom. The highest BCUT2D eigenvalue weighted by Crippen LogP contribution is 2.28. The molecule has 1 aromatic heterocycles. The number of carbonyl (C=O) groups excluding carboxylic acids is 1. The van der Waals surface area contributed by atoms with Crippen molar-refractivity contribution < 1.29 is 4.79 Å². The monoisotopic (exact) mass is 380 g/mol. The molecular formula is C23H18N5O. The van der Waals surface area contributed by atoms with E-state index in [-0.39, 0.29) is 5.91 Å². The lowest BCUT2D eigenvalue weighted by Crippen LogP contribution is -2.32. The third-order valence-electron chi connectivity index (χ3n) is 4.95. The Labute approximate surface area is 168 Å².